The minimum Gasteiger partial charge on any atom is -0.323 e. The standard InChI is InChI=1S/C13H15N7/c1-2-9-8-11(18-14)20-13(16-9)17-12(19-20)15-10-6-4-3-5-7-10/h3-8,18H,2,14H2,1H3,(H,15,19). The monoisotopic (exact) mass is 269 g/mol. The maximum Gasteiger partial charge on any atom is 0.256 e. The number of rotatable bonds is 4. The van der Waals surface area contributed by atoms with E-state index in [1.165, 1.54) is 0 Å². The molecule has 0 saturated heterocycles. The van der Waals surface area contributed by atoms with Gasteiger partial charge in [0.05, 0.1) is 0 Å². The van der Waals surface area contributed by atoms with Crippen LogP contribution in [0.4, 0.5) is 17.5 Å². The molecule has 7 heteroatoms. The van der Waals surface area contributed by atoms with Crippen molar-refractivity contribution in [2.45, 2.75) is 13.3 Å². The van der Waals surface area contributed by atoms with E-state index in [-0.39, 0.29) is 0 Å². The number of nitrogens with zero attached hydrogens (tertiary/aromatic N) is 4. The molecule has 0 fully saturated rings. The number of aryl methyl sites for hydroxylation is 1. The minimum absolute atomic E-state index is 0.480. The molecule has 20 heavy (non-hydrogen) atoms. The molecular formula is C13H15N7. The van der Waals surface area contributed by atoms with Crippen molar-refractivity contribution in [3.05, 3.63) is 42.1 Å². The van der Waals surface area contributed by atoms with Crippen LogP contribution in [0.25, 0.3) is 5.78 Å². The van der Waals surface area contributed by atoms with E-state index in [9.17, 15) is 0 Å². The third-order valence-corrected chi connectivity index (χ3v) is 2.91. The van der Waals surface area contributed by atoms with Crippen LogP contribution in [0.5, 0.6) is 0 Å². The Balaban J connectivity index is 2.01. The van der Waals surface area contributed by atoms with Crippen LogP contribution in [0, 0.1) is 0 Å². The van der Waals surface area contributed by atoms with Crippen molar-refractivity contribution in [2.75, 3.05) is 10.7 Å². The molecule has 1 aromatic carbocycles. The Morgan fingerprint density at radius 1 is 1.20 bits per heavy atom. The quantitative estimate of drug-likeness (QED) is 0.493. The maximum atomic E-state index is 5.51. The van der Waals surface area contributed by atoms with Crippen LogP contribution in [0.1, 0.15) is 12.6 Å². The van der Waals surface area contributed by atoms with Gasteiger partial charge < -0.3 is 10.7 Å². The van der Waals surface area contributed by atoms with Crippen molar-refractivity contribution in [1.82, 2.24) is 19.6 Å². The molecule has 2 aromatic heterocycles. The first-order valence-corrected chi connectivity index (χ1v) is 6.35. The number of nitrogens with one attached hydrogen (secondary N) is 2. The highest BCUT2D eigenvalue weighted by Gasteiger charge is 2.10. The fraction of sp³-hybridized carbons (Fsp3) is 0.154. The third-order valence-electron chi connectivity index (χ3n) is 2.91. The van der Waals surface area contributed by atoms with Crippen molar-refractivity contribution >= 4 is 23.2 Å². The molecule has 2 heterocycles. The van der Waals surface area contributed by atoms with Crippen LogP contribution in [-0.2, 0) is 6.42 Å². The normalized spacial score (nSPS) is 10.7. The van der Waals surface area contributed by atoms with E-state index in [0.29, 0.717) is 17.5 Å². The van der Waals surface area contributed by atoms with Gasteiger partial charge in [-0.25, -0.2) is 10.8 Å². The highest BCUT2D eigenvalue weighted by Crippen LogP contribution is 2.16. The Labute approximate surface area is 115 Å². The summed E-state index contributed by atoms with van der Waals surface area (Å²) >= 11 is 0. The summed E-state index contributed by atoms with van der Waals surface area (Å²) in [7, 11) is 0. The second-order valence-corrected chi connectivity index (χ2v) is 4.27. The molecule has 102 valence electrons. The largest absolute Gasteiger partial charge is 0.323 e. The Kier molecular flexibility index (Phi) is 3.18. The summed E-state index contributed by atoms with van der Waals surface area (Å²) in [5, 5.41) is 7.47. The number of aromatic nitrogens is 4. The molecule has 0 bridgehead atoms. The van der Waals surface area contributed by atoms with Crippen LogP contribution < -0.4 is 16.6 Å². The Hall–Kier alpha value is -2.67. The number of nitrogens with two attached hydrogens (primary N) is 1. The smallest absolute Gasteiger partial charge is 0.256 e. The zero-order valence-corrected chi connectivity index (χ0v) is 11.0. The van der Waals surface area contributed by atoms with Gasteiger partial charge in [-0.2, -0.15) is 9.50 Å². The number of anilines is 3. The highest BCUT2D eigenvalue weighted by atomic mass is 15.4. The molecule has 3 aromatic rings. The molecule has 7 nitrogen and oxygen atoms in total. The summed E-state index contributed by atoms with van der Waals surface area (Å²) in [6, 6.07) is 11.6. The zero-order valence-electron chi connectivity index (χ0n) is 11.0. The average Bonchev–Trinajstić information content (AvgIpc) is 2.89. The summed E-state index contributed by atoms with van der Waals surface area (Å²) in [5.41, 5.74) is 4.44. The molecule has 0 aliphatic heterocycles. The number of hydrogen-bond acceptors (Lipinski definition) is 6. The third kappa shape index (κ3) is 2.26. The first-order valence-electron chi connectivity index (χ1n) is 6.35. The zero-order chi connectivity index (χ0) is 13.9. The summed E-state index contributed by atoms with van der Waals surface area (Å²) in [6.45, 7) is 2.03. The molecule has 3 rings (SSSR count). The molecule has 0 amide bonds. The molecule has 0 aliphatic carbocycles. The first-order chi connectivity index (χ1) is 9.80. The van der Waals surface area contributed by atoms with Gasteiger partial charge >= 0.3 is 0 Å². The van der Waals surface area contributed by atoms with E-state index < -0.39 is 0 Å². The number of hydrazine groups is 1. The van der Waals surface area contributed by atoms with E-state index in [1.807, 2.05) is 43.3 Å². The molecule has 0 atom stereocenters. The average molecular weight is 269 g/mol. The summed E-state index contributed by atoms with van der Waals surface area (Å²) in [4.78, 5) is 8.78. The number of hydrogen-bond donors (Lipinski definition) is 3. The van der Waals surface area contributed by atoms with Gasteiger partial charge in [0.25, 0.3) is 5.78 Å². The highest BCUT2D eigenvalue weighted by molar-refractivity contribution is 5.55. The number of nitrogen functional groups attached to an aromatic ring is 1. The van der Waals surface area contributed by atoms with E-state index in [1.54, 1.807) is 4.52 Å². The fourth-order valence-corrected chi connectivity index (χ4v) is 1.90. The number of para-hydroxylation sites is 1. The second kappa shape index (κ2) is 5.14. The van der Waals surface area contributed by atoms with Crippen molar-refractivity contribution in [3.63, 3.8) is 0 Å². The predicted octanol–water partition coefficient (Wildman–Crippen LogP) is 1.72. The minimum atomic E-state index is 0.480. The van der Waals surface area contributed by atoms with Gasteiger partial charge in [-0.15, -0.1) is 5.10 Å². The molecule has 0 radical (unpaired) electrons. The summed E-state index contributed by atoms with van der Waals surface area (Å²) < 4.78 is 1.57. The molecule has 0 spiro atoms. The molecular weight excluding hydrogens is 254 g/mol. The van der Waals surface area contributed by atoms with Gasteiger partial charge in [-0.05, 0) is 18.6 Å². The lowest BCUT2D eigenvalue weighted by Crippen LogP contribution is -2.13. The maximum absolute atomic E-state index is 5.51. The van der Waals surface area contributed by atoms with Gasteiger partial charge in [-0.3, -0.25) is 0 Å². The van der Waals surface area contributed by atoms with Crippen LogP contribution >= 0.6 is 0 Å². The van der Waals surface area contributed by atoms with Gasteiger partial charge in [0.15, 0.2) is 0 Å². The lowest BCUT2D eigenvalue weighted by Gasteiger charge is -2.03. The molecule has 4 N–H and O–H groups in total. The van der Waals surface area contributed by atoms with Crippen molar-refractivity contribution < 1.29 is 0 Å². The summed E-state index contributed by atoms with van der Waals surface area (Å²) in [5.74, 6) is 7.16. The van der Waals surface area contributed by atoms with Gasteiger partial charge in [0.2, 0.25) is 5.95 Å². The van der Waals surface area contributed by atoms with E-state index in [4.69, 9.17) is 5.84 Å². The van der Waals surface area contributed by atoms with Gasteiger partial charge in [0.1, 0.15) is 5.82 Å². The number of fused-ring (bicyclic) bond motifs is 1. The lowest BCUT2D eigenvalue weighted by atomic mass is 10.3. The van der Waals surface area contributed by atoms with Crippen molar-refractivity contribution in [1.29, 1.82) is 0 Å². The Bertz CT molecular complexity index is 720. The lowest BCUT2D eigenvalue weighted by molar-refractivity contribution is 0.911. The van der Waals surface area contributed by atoms with E-state index >= 15 is 0 Å². The van der Waals surface area contributed by atoms with Crippen LogP contribution in [0.15, 0.2) is 36.4 Å². The second-order valence-electron chi connectivity index (χ2n) is 4.27. The van der Waals surface area contributed by atoms with E-state index in [2.05, 4.69) is 25.8 Å². The topological polar surface area (TPSA) is 93.2 Å². The molecule has 0 aliphatic rings. The van der Waals surface area contributed by atoms with Gasteiger partial charge in [-0.1, -0.05) is 25.1 Å². The van der Waals surface area contributed by atoms with Crippen LogP contribution in [0.2, 0.25) is 0 Å². The fourth-order valence-electron chi connectivity index (χ4n) is 1.90. The van der Waals surface area contributed by atoms with Crippen molar-refractivity contribution in [2.24, 2.45) is 5.84 Å². The summed E-state index contributed by atoms with van der Waals surface area (Å²) in [6.07, 6.45) is 0.805. The first kappa shape index (κ1) is 12.4. The van der Waals surface area contributed by atoms with Crippen molar-refractivity contribution in [3.8, 4) is 0 Å². The van der Waals surface area contributed by atoms with Crippen LogP contribution in [-0.4, -0.2) is 19.6 Å². The SMILES string of the molecule is CCc1cc(NN)n2nc(Nc3ccccc3)nc2n1. The number of benzene rings is 1. The predicted molar refractivity (Wildman–Crippen MR) is 77.7 cm³/mol. The molecule has 0 saturated carbocycles. The Morgan fingerprint density at radius 2 is 2.00 bits per heavy atom. The van der Waals surface area contributed by atoms with Crippen LogP contribution in [0.3, 0.4) is 0 Å². The van der Waals surface area contributed by atoms with Gasteiger partial charge in [0, 0.05) is 17.4 Å². The Morgan fingerprint density at radius 3 is 2.70 bits per heavy atom. The molecule has 0 unspecified atom stereocenters. The van der Waals surface area contributed by atoms with E-state index in [0.717, 1.165) is 17.8 Å².